The Morgan fingerprint density at radius 3 is 1.94 bits per heavy atom. The Morgan fingerprint density at radius 2 is 1.24 bits per heavy atom. The Hall–Kier alpha value is -6.96. The number of hydrogen-bond donors (Lipinski definition) is 0. The molecular weight excluding hydrogens is 819 g/mol. The lowest BCUT2D eigenvalue weighted by atomic mass is 9.80. The quantitative estimate of drug-likeness (QED) is 0.111. The van der Waals surface area contributed by atoms with Crippen LogP contribution < -0.4 is 4.90 Å². The first-order chi connectivity index (χ1) is 33.2. The summed E-state index contributed by atoms with van der Waals surface area (Å²) in [6, 6.07) is 57.4. The Labute approximate surface area is 406 Å². The third kappa shape index (κ3) is 8.60. The molecule has 0 heterocycles. The summed E-state index contributed by atoms with van der Waals surface area (Å²) in [7, 11) is 0. The number of allylic oxidation sites excluding steroid dienone is 10. The van der Waals surface area contributed by atoms with Crippen LogP contribution in [0.3, 0.4) is 0 Å². The highest BCUT2D eigenvalue weighted by atomic mass is 15.1. The van der Waals surface area contributed by atoms with E-state index in [0.29, 0.717) is 0 Å². The summed E-state index contributed by atoms with van der Waals surface area (Å²) in [4.78, 5) is 2.42. The van der Waals surface area contributed by atoms with E-state index in [1.807, 2.05) is 0 Å². The molecule has 0 fully saturated rings. The molecule has 0 atom stereocenters. The molecule has 0 saturated carbocycles. The number of benzene rings is 7. The molecule has 7 aromatic carbocycles. The molecule has 0 saturated heterocycles. The molecule has 1 heteroatoms. The minimum absolute atomic E-state index is 0.149. The predicted octanol–water partition coefficient (Wildman–Crippen LogP) is 19.6. The van der Waals surface area contributed by atoms with Gasteiger partial charge in [0.1, 0.15) is 0 Å². The van der Waals surface area contributed by atoms with Crippen LogP contribution >= 0.6 is 0 Å². The average molecular weight is 884 g/mol. The third-order valence-corrected chi connectivity index (χ3v) is 14.9. The Bertz CT molecular complexity index is 3140. The smallest absolute Gasteiger partial charge is 0.0467 e. The first-order valence-electron chi connectivity index (χ1n) is 25.2. The zero-order valence-electron chi connectivity index (χ0n) is 41.0. The van der Waals surface area contributed by atoms with Crippen molar-refractivity contribution in [1.29, 1.82) is 0 Å². The number of fused-ring (bicyclic) bond motifs is 3. The fourth-order valence-electron chi connectivity index (χ4n) is 11.3. The summed E-state index contributed by atoms with van der Waals surface area (Å²) in [5.74, 6) is 0. The van der Waals surface area contributed by atoms with E-state index in [9.17, 15) is 0 Å². The summed E-state index contributed by atoms with van der Waals surface area (Å²) in [5.41, 5.74) is 27.4. The first-order valence-corrected chi connectivity index (χ1v) is 25.2. The highest BCUT2D eigenvalue weighted by molar-refractivity contribution is 5.96. The molecule has 3 aliphatic rings. The van der Waals surface area contributed by atoms with Crippen LogP contribution in [-0.4, -0.2) is 0 Å². The van der Waals surface area contributed by atoms with Gasteiger partial charge in [-0.25, -0.2) is 0 Å². The van der Waals surface area contributed by atoms with Crippen LogP contribution in [0.25, 0.3) is 61.2 Å². The molecule has 10 rings (SSSR count). The second-order valence-corrected chi connectivity index (χ2v) is 19.6. The molecule has 0 unspecified atom stereocenters. The summed E-state index contributed by atoms with van der Waals surface area (Å²) in [6.45, 7) is 13.7. The van der Waals surface area contributed by atoms with Crippen molar-refractivity contribution in [1.82, 2.24) is 0 Å². The Kier molecular flexibility index (Phi) is 12.8. The highest BCUT2D eigenvalue weighted by Crippen LogP contribution is 2.53. The van der Waals surface area contributed by atoms with E-state index in [0.717, 1.165) is 29.9 Å². The van der Waals surface area contributed by atoms with Gasteiger partial charge in [0.15, 0.2) is 0 Å². The second-order valence-electron chi connectivity index (χ2n) is 19.6. The number of hydrogen-bond acceptors (Lipinski definition) is 1. The van der Waals surface area contributed by atoms with Gasteiger partial charge in [0.25, 0.3) is 0 Å². The van der Waals surface area contributed by atoms with Crippen molar-refractivity contribution in [3.05, 3.63) is 227 Å². The van der Waals surface area contributed by atoms with Crippen molar-refractivity contribution in [2.24, 2.45) is 0 Å². The van der Waals surface area contributed by atoms with Gasteiger partial charge in [-0.1, -0.05) is 160 Å². The van der Waals surface area contributed by atoms with Gasteiger partial charge in [0, 0.05) is 22.5 Å². The van der Waals surface area contributed by atoms with E-state index in [1.54, 1.807) is 11.1 Å². The van der Waals surface area contributed by atoms with E-state index < -0.39 is 0 Å². The first kappa shape index (κ1) is 44.9. The van der Waals surface area contributed by atoms with Gasteiger partial charge in [-0.3, -0.25) is 0 Å². The summed E-state index contributed by atoms with van der Waals surface area (Å²) in [6.07, 6.45) is 23.4. The molecule has 68 heavy (non-hydrogen) atoms. The van der Waals surface area contributed by atoms with Crippen molar-refractivity contribution < 1.29 is 0 Å². The Balaban J connectivity index is 1.06. The average Bonchev–Trinajstić information content (AvgIpc) is 3.62. The van der Waals surface area contributed by atoms with Crippen LogP contribution in [0.5, 0.6) is 0 Å². The molecule has 0 amide bonds. The molecule has 1 nitrogen and oxygen atoms in total. The van der Waals surface area contributed by atoms with E-state index in [1.165, 1.54) is 128 Å². The number of aryl methyl sites for hydroxylation is 1. The molecular formula is C67H65N. The minimum Gasteiger partial charge on any atom is -0.310 e. The molecule has 0 bridgehead atoms. The highest BCUT2D eigenvalue weighted by Gasteiger charge is 2.38. The van der Waals surface area contributed by atoms with Gasteiger partial charge in [0.2, 0.25) is 0 Å². The van der Waals surface area contributed by atoms with Crippen molar-refractivity contribution in [2.45, 2.75) is 98.3 Å². The van der Waals surface area contributed by atoms with Gasteiger partial charge < -0.3 is 4.90 Å². The third-order valence-electron chi connectivity index (χ3n) is 14.9. The van der Waals surface area contributed by atoms with Crippen LogP contribution in [0.15, 0.2) is 194 Å². The van der Waals surface area contributed by atoms with E-state index in [-0.39, 0.29) is 5.41 Å². The van der Waals surface area contributed by atoms with Gasteiger partial charge in [-0.05, 0) is 221 Å². The summed E-state index contributed by atoms with van der Waals surface area (Å²) < 4.78 is 0. The normalized spacial score (nSPS) is 15.4. The molecule has 0 radical (unpaired) electrons. The molecule has 0 aliphatic heterocycles. The second kappa shape index (κ2) is 19.3. The number of rotatable bonds is 12. The van der Waals surface area contributed by atoms with Gasteiger partial charge in [0.05, 0.1) is 0 Å². The van der Waals surface area contributed by atoms with Crippen LogP contribution in [0.4, 0.5) is 17.1 Å². The van der Waals surface area contributed by atoms with E-state index in [2.05, 4.69) is 235 Å². The predicted molar refractivity (Wildman–Crippen MR) is 295 cm³/mol. The van der Waals surface area contributed by atoms with Gasteiger partial charge in [-0.15, -0.1) is 0 Å². The summed E-state index contributed by atoms with van der Waals surface area (Å²) in [5, 5.41) is 0. The lowest BCUT2D eigenvalue weighted by Gasteiger charge is -2.27. The SMILES string of the molecule is C/C=C\C(=C/C)c1cc(C2=CCCC=C2)cc2c1-c1cc(-c3cccc(N(c4ccc(-c5ccccc5)cc4)c4ccc(-c5ccc(C)c(C6=C(CCC)CCCC6)c5)cc4)c3)ccc1C2(C)C. The monoisotopic (exact) mass is 884 g/mol. The molecule has 0 spiro atoms. The summed E-state index contributed by atoms with van der Waals surface area (Å²) >= 11 is 0. The number of anilines is 3. The largest absolute Gasteiger partial charge is 0.310 e. The van der Waals surface area contributed by atoms with Crippen molar-refractivity contribution in [3.8, 4) is 44.5 Å². The maximum absolute atomic E-state index is 2.48. The molecule has 0 N–H and O–H groups in total. The van der Waals surface area contributed by atoms with Crippen molar-refractivity contribution in [2.75, 3.05) is 4.90 Å². The zero-order valence-corrected chi connectivity index (χ0v) is 41.0. The fourth-order valence-corrected chi connectivity index (χ4v) is 11.3. The van der Waals surface area contributed by atoms with Gasteiger partial charge >= 0.3 is 0 Å². The Morgan fingerprint density at radius 1 is 0.588 bits per heavy atom. The van der Waals surface area contributed by atoms with Gasteiger partial charge in [-0.2, -0.15) is 0 Å². The van der Waals surface area contributed by atoms with Crippen LogP contribution in [0.1, 0.15) is 119 Å². The van der Waals surface area contributed by atoms with Crippen molar-refractivity contribution in [3.63, 3.8) is 0 Å². The molecule has 0 aromatic heterocycles. The zero-order chi connectivity index (χ0) is 46.8. The molecule has 7 aromatic rings. The van der Waals surface area contributed by atoms with Crippen LogP contribution in [0.2, 0.25) is 0 Å². The minimum atomic E-state index is -0.149. The fraction of sp³-hybridized carbons (Fsp3) is 0.224. The molecule has 338 valence electrons. The standard InChI is InChI=1S/C67H65N/c1-7-19-47(9-3)62-44-56(49-23-14-11-15-24-49)45-65-66(62)63-43-55(35-40-64(63)67(65,5)6)53-26-18-27-59(41-53)68(57-36-31-50(32-37-57)48-21-12-10-13-22-48)58-38-33-51(34-39-58)54-30-29-46(4)61(42-54)60-28-17-16-25-52(60)20-8-2/h7,9-10,12-14,18-19,21-24,26-27,29-45H,8,11,15-17,20,25,28H2,1-6H3/b19-7-,47-9+. The number of nitrogens with zero attached hydrogens (tertiary/aromatic N) is 1. The van der Waals surface area contributed by atoms with Crippen LogP contribution in [0, 0.1) is 6.92 Å². The topological polar surface area (TPSA) is 3.24 Å². The van der Waals surface area contributed by atoms with E-state index >= 15 is 0 Å². The van der Waals surface area contributed by atoms with E-state index in [4.69, 9.17) is 0 Å². The molecule has 3 aliphatic carbocycles. The lowest BCUT2D eigenvalue weighted by molar-refractivity contribution is 0.660. The van der Waals surface area contributed by atoms with Crippen molar-refractivity contribution >= 4 is 33.8 Å². The maximum atomic E-state index is 2.48. The maximum Gasteiger partial charge on any atom is 0.0467 e. The lowest BCUT2D eigenvalue weighted by Crippen LogP contribution is -2.15. The van der Waals surface area contributed by atoms with Crippen LogP contribution in [-0.2, 0) is 5.41 Å².